The Morgan fingerprint density at radius 2 is 2.21 bits per heavy atom. The van der Waals surface area contributed by atoms with Crippen molar-refractivity contribution in [1.29, 1.82) is 5.26 Å². The Morgan fingerprint density at radius 3 is 2.96 bits per heavy atom. The van der Waals surface area contributed by atoms with Gasteiger partial charge < -0.3 is 4.74 Å². The van der Waals surface area contributed by atoms with E-state index < -0.39 is 5.97 Å². The van der Waals surface area contributed by atoms with E-state index in [1.807, 2.05) is 6.07 Å². The first-order valence-corrected chi connectivity index (χ1v) is 8.15. The quantitative estimate of drug-likeness (QED) is 0.682. The largest absolute Gasteiger partial charge is 0.462 e. The molecule has 1 aromatic carbocycles. The van der Waals surface area contributed by atoms with Crippen LogP contribution in [0.1, 0.15) is 28.4 Å². The average molecular weight is 339 g/mol. The van der Waals surface area contributed by atoms with Gasteiger partial charge in [-0.3, -0.25) is 9.36 Å². The van der Waals surface area contributed by atoms with Crippen LogP contribution in [0.25, 0.3) is 10.2 Å². The average Bonchev–Trinajstić information content (AvgIpc) is 3.03. The SMILES string of the molecule is CCOC(=O)c1csc2ncn(Cc3ccccc3C#N)c(=O)c12. The molecule has 7 heteroatoms. The molecule has 0 radical (unpaired) electrons. The first-order chi connectivity index (χ1) is 11.7. The Kier molecular flexibility index (Phi) is 4.40. The molecule has 0 amide bonds. The van der Waals surface area contributed by atoms with Gasteiger partial charge in [-0.25, -0.2) is 9.78 Å². The Morgan fingerprint density at radius 1 is 1.42 bits per heavy atom. The molecule has 120 valence electrons. The van der Waals surface area contributed by atoms with E-state index in [0.29, 0.717) is 10.4 Å². The van der Waals surface area contributed by atoms with Gasteiger partial charge in [0.1, 0.15) is 4.83 Å². The third-order valence-electron chi connectivity index (χ3n) is 3.53. The van der Waals surface area contributed by atoms with E-state index in [4.69, 9.17) is 10.00 Å². The van der Waals surface area contributed by atoms with Crippen LogP contribution in [-0.4, -0.2) is 22.1 Å². The van der Waals surface area contributed by atoms with Gasteiger partial charge in [0.15, 0.2) is 0 Å². The molecule has 2 aromatic heterocycles. The van der Waals surface area contributed by atoms with Gasteiger partial charge in [-0.05, 0) is 18.6 Å². The summed E-state index contributed by atoms with van der Waals surface area (Å²) in [6.45, 7) is 2.16. The lowest BCUT2D eigenvalue weighted by Gasteiger charge is -2.07. The van der Waals surface area contributed by atoms with Crippen LogP contribution in [0.15, 0.2) is 40.8 Å². The lowest BCUT2D eigenvalue weighted by atomic mass is 10.1. The second kappa shape index (κ2) is 6.64. The van der Waals surface area contributed by atoms with Gasteiger partial charge in [0, 0.05) is 5.38 Å². The Balaban J connectivity index is 2.09. The number of nitrogens with zero attached hydrogens (tertiary/aromatic N) is 3. The number of rotatable bonds is 4. The molecule has 24 heavy (non-hydrogen) atoms. The summed E-state index contributed by atoms with van der Waals surface area (Å²) in [6, 6.07) is 9.16. The van der Waals surface area contributed by atoms with E-state index in [1.54, 1.807) is 30.5 Å². The van der Waals surface area contributed by atoms with Gasteiger partial charge >= 0.3 is 5.97 Å². The fourth-order valence-corrected chi connectivity index (χ4v) is 3.26. The zero-order valence-electron chi connectivity index (χ0n) is 12.9. The molecule has 3 aromatic rings. The highest BCUT2D eigenvalue weighted by atomic mass is 32.1. The summed E-state index contributed by atoms with van der Waals surface area (Å²) in [5.74, 6) is -0.530. The van der Waals surface area contributed by atoms with Crippen LogP contribution in [0.4, 0.5) is 0 Å². The maximum Gasteiger partial charge on any atom is 0.339 e. The predicted molar refractivity (Wildman–Crippen MR) is 90.1 cm³/mol. The standard InChI is InChI=1S/C17H13N3O3S/c1-2-23-17(22)13-9-24-15-14(13)16(21)20(10-19-15)8-12-6-4-3-5-11(12)7-18/h3-6,9-10H,2,8H2,1H3. The molecule has 0 N–H and O–H groups in total. The molecular weight excluding hydrogens is 326 g/mol. The van der Waals surface area contributed by atoms with Crippen LogP contribution in [-0.2, 0) is 11.3 Å². The van der Waals surface area contributed by atoms with Gasteiger partial charge in [0.2, 0.25) is 0 Å². The number of hydrogen-bond donors (Lipinski definition) is 0. The molecule has 0 unspecified atom stereocenters. The van der Waals surface area contributed by atoms with E-state index in [0.717, 1.165) is 5.56 Å². The highest BCUT2D eigenvalue weighted by molar-refractivity contribution is 7.17. The lowest BCUT2D eigenvalue weighted by molar-refractivity contribution is 0.0529. The molecule has 0 aliphatic carbocycles. The second-order valence-electron chi connectivity index (χ2n) is 5.00. The Labute approximate surface area is 141 Å². The number of esters is 1. The zero-order valence-corrected chi connectivity index (χ0v) is 13.7. The number of thiophene rings is 1. The molecule has 0 saturated heterocycles. The minimum absolute atomic E-state index is 0.212. The van der Waals surface area contributed by atoms with Crippen molar-refractivity contribution in [2.24, 2.45) is 0 Å². The topological polar surface area (TPSA) is 85.0 Å². The van der Waals surface area contributed by atoms with Gasteiger partial charge in [-0.1, -0.05) is 18.2 Å². The molecule has 0 aliphatic heterocycles. The summed E-state index contributed by atoms with van der Waals surface area (Å²) < 4.78 is 6.39. The van der Waals surface area contributed by atoms with Crippen molar-refractivity contribution < 1.29 is 9.53 Å². The summed E-state index contributed by atoms with van der Waals surface area (Å²) in [7, 11) is 0. The zero-order chi connectivity index (χ0) is 17.1. The fraction of sp³-hybridized carbons (Fsp3) is 0.176. The normalized spacial score (nSPS) is 10.5. The minimum Gasteiger partial charge on any atom is -0.462 e. The first kappa shape index (κ1) is 15.9. The minimum atomic E-state index is -0.530. The predicted octanol–water partition coefficient (Wildman–Crippen LogP) is 2.55. The molecule has 3 rings (SSSR count). The van der Waals surface area contributed by atoms with E-state index in [2.05, 4.69) is 11.1 Å². The number of fused-ring (bicyclic) bond motifs is 1. The van der Waals surface area contributed by atoms with Crippen molar-refractivity contribution in [1.82, 2.24) is 9.55 Å². The molecule has 6 nitrogen and oxygen atoms in total. The summed E-state index contributed by atoms with van der Waals surface area (Å²) in [6.07, 6.45) is 1.43. The molecule has 0 atom stereocenters. The monoisotopic (exact) mass is 339 g/mol. The van der Waals surface area contributed by atoms with Gasteiger partial charge in [0.05, 0.1) is 42.1 Å². The van der Waals surface area contributed by atoms with Gasteiger partial charge in [-0.2, -0.15) is 5.26 Å². The summed E-state index contributed by atoms with van der Waals surface area (Å²) in [4.78, 5) is 29.5. The Hall–Kier alpha value is -2.98. The van der Waals surface area contributed by atoms with Gasteiger partial charge in [-0.15, -0.1) is 11.3 Å². The number of hydrogen-bond acceptors (Lipinski definition) is 6. The van der Waals surface area contributed by atoms with Crippen molar-refractivity contribution in [3.63, 3.8) is 0 Å². The number of ether oxygens (including phenoxy) is 1. The Bertz CT molecular complexity index is 1010. The molecular formula is C17H13N3O3S. The van der Waals surface area contributed by atoms with Crippen molar-refractivity contribution in [3.05, 3.63) is 63.0 Å². The van der Waals surface area contributed by atoms with Crippen LogP contribution >= 0.6 is 11.3 Å². The maximum atomic E-state index is 12.8. The fourth-order valence-electron chi connectivity index (χ4n) is 2.39. The van der Waals surface area contributed by atoms with E-state index >= 15 is 0 Å². The molecule has 0 spiro atoms. The van der Waals surface area contributed by atoms with Crippen molar-refractivity contribution in [2.45, 2.75) is 13.5 Å². The number of carbonyl (C=O) groups is 1. The molecule has 0 saturated carbocycles. The van der Waals surface area contributed by atoms with E-state index in [-0.39, 0.29) is 29.7 Å². The maximum absolute atomic E-state index is 12.8. The molecule has 0 fully saturated rings. The van der Waals surface area contributed by atoms with E-state index in [9.17, 15) is 9.59 Å². The summed E-state index contributed by atoms with van der Waals surface area (Å²) in [5.41, 5.74) is 1.13. The van der Waals surface area contributed by atoms with Crippen LogP contribution in [0, 0.1) is 11.3 Å². The molecule has 0 bridgehead atoms. The highest BCUT2D eigenvalue weighted by Gasteiger charge is 2.18. The third-order valence-corrected chi connectivity index (χ3v) is 4.42. The first-order valence-electron chi connectivity index (χ1n) is 7.27. The van der Waals surface area contributed by atoms with Crippen molar-refractivity contribution in [3.8, 4) is 6.07 Å². The van der Waals surface area contributed by atoms with Crippen LogP contribution in [0.2, 0.25) is 0 Å². The summed E-state index contributed by atoms with van der Waals surface area (Å²) in [5, 5.41) is 11.0. The molecule has 2 heterocycles. The van der Waals surface area contributed by atoms with Crippen LogP contribution in [0.3, 0.4) is 0 Å². The van der Waals surface area contributed by atoms with Crippen molar-refractivity contribution in [2.75, 3.05) is 6.61 Å². The number of carbonyl (C=O) groups excluding carboxylic acids is 1. The number of aromatic nitrogens is 2. The second-order valence-corrected chi connectivity index (χ2v) is 5.85. The third kappa shape index (κ3) is 2.79. The van der Waals surface area contributed by atoms with Gasteiger partial charge in [0.25, 0.3) is 5.56 Å². The highest BCUT2D eigenvalue weighted by Crippen LogP contribution is 2.22. The molecule has 0 aliphatic rings. The lowest BCUT2D eigenvalue weighted by Crippen LogP contribution is -2.22. The number of nitriles is 1. The van der Waals surface area contributed by atoms with E-state index in [1.165, 1.54) is 22.2 Å². The smallest absolute Gasteiger partial charge is 0.339 e. The van der Waals surface area contributed by atoms with Crippen LogP contribution in [0.5, 0.6) is 0 Å². The summed E-state index contributed by atoms with van der Waals surface area (Å²) >= 11 is 1.23. The van der Waals surface area contributed by atoms with Crippen LogP contribution < -0.4 is 5.56 Å². The van der Waals surface area contributed by atoms with Crippen molar-refractivity contribution >= 4 is 27.5 Å². The number of benzene rings is 1.